The van der Waals surface area contributed by atoms with Crippen LogP contribution in [0.15, 0.2) is 29.2 Å². The maximum Gasteiger partial charge on any atom is 0.405 e. The van der Waals surface area contributed by atoms with Gasteiger partial charge < -0.3 is 11.1 Å². The maximum absolute atomic E-state index is 12.6. The van der Waals surface area contributed by atoms with Gasteiger partial charge in [0, 0.05) is 24.7 Å². The van der Waals surface area contributed by atoms with E-state index in [-0.39, 0.29) is 42.0 Å². The fourth-order valence-corrected chi connectivity index (χ4v) is 3.86. The minimum absolute atomic E-state index is 0. The second-order valence-corrected chi connectivity index (χ2v) is 7.51. The predicted octanol–water partition coefficient (Wildman–Crippen LogP) is 1.51. The SMILES string of the molecule is Cl.NC1CCN(S(=O)(=O)c2cccc(C(=O)NCC(F)(F)F)c2)CC1. The molecule has 142 valence electrons. The van der Waals surface area contributed by atoms with E-state index in [2.05, 4.69) is 0 Å². The van der Waals surface area contributed by atoms with E-state index >= 15 is 0 Å². The Morgan fingerprint density at radius 2 is 1.88 bits per heavy atom. The highest BCUT2D eigenvalue weighted by atomic mass is 35.5. The van der Waals surface area contributed by atoms with E-state index in [1.165, 1.54) is 22.5 Å². The van der Waals surface area contributed by atoms with Crippen molar-refractivity contribution >= 4 is 28.3 Å². The van der Waals surface area contributed by atoms with E-state index in [9.17, 15) is 26.4 Å². The standard InChI is InChI=1S/C14H18F3N3O3S.ClH/c15-14(16,17)9-19-13(21)10-2-1-3-12(8-10)24(22,23)20-6-4-11(18)5-7-20;/h1-3,8,11H,4-7,9,18H2,(H,19,21);1H. The van der Waals surface area contributed by atoms with Crippen molar-refractivity contribution in [2.24, 2.45) is 5.73 Å². The van der Waals surface area contributed by atoms with Crippen molar-refractivity contribution < 1.29 is 26.4 Å². The van der Waals surface area contributed by atoms with Crippen LogP contribution in [0.3, 0.4) is 0 Å². The summed E-state index contributed by atoms with van der Waals surface area (Å²) in [6.07, 6.45) is -3.47. The molecule has 3 N–H and O–H groups in total. The maximum atomic E-state index is 12.6. The van der Waals surface area contributed by atoms with Crippen LogP contribution < -0.4 is 11.1 Å². The van der Waals surface area contributed by atoms with Crippen LogP contribution in [0.25, 0.3) is 0 Å². The second-order valence-electron chi connectivity index (χ2n) is 5.57. The first-order chi connectivity index (χ1) is 11.1. The molecule has 0 atom stereocenters. The van der Waals surface area contributed by atoms with Crippen LogP contribution in [0.2, 0.25) is 0 Å². The van der Waals surface area contributed by atoms with Gasteiger partial charge >= 0.3 is 6.18 Å². The van der Waals surface area contributed by atoms with Crippen molar-refractivity contribution in [2.45, 2.75) is 30.0 Å². The Hall–Kier alpha value is -1.36. The number of nitrogens with two attached hydrogens (primary N) is 1. The van der Waals surface area contributed by atoms with Gasteiger partial charge in [0.2, 0.25) is 10.0 Å². The molecule has 0 bridgehead atoms. The van der Waals surface area contributed by atoms with Crippen LogP contribution in [-0.2, 0) is 10.0 Å². The molecule has 0 radical (unpaired) electrons. The molecule has 1 heterocycles. The quantitative estimate of drug-likeness (QED) is 0.800. The Morgan fingerprint density at radius 3 is 2.44 bits per heavy atom. The number of piperidine rings is 1. The highest BCUT2D eigenvalue weighted by molar-refractivity contribution is 7.89. The Morgan fingerprint density at radius 1 is 1.28 bits per heavy atom. The van der Waals surface area contributed by atoms with E-state index in [0.29, 0.717) is 12.8 Å². The number of alkyl halides is 3. The summed E-state index contributed by atoms with van der Waals surface area (Å²) in [5.74, 6) is -0.981. The summed E-state index contributed by atoms with van der Waals surface area (Å²) in [7, 11) is -3.81. The largest absolute Gasteiger partial charge is 0.405 e. The molecular formula is C14H19ClF3N3O3S. The number of carbonyl (C=O) groups is 1. The van der Waals surface area contributed by atoms with Crippen molar-refractivity contribution in [3.63, 3.8) is 0 Å². The molecule has 0 aliphatic carbocycles. The first-order valence-corrected chi connectivity index (χ1v) is 8.74. The zero-order chi connectivity index (χ0) is 18.0. The molecule has 1 aliphatic rings. The third-order valence-electron chi connectivity index (χ3n) is 3.68. The topological polar surface area (TPSA) is 92.5 Å². The molecular weight excluding hydrogens is 383 g/mol. The predicted molar refractivity (Wildman–Crippen MR) is 88.0 cm³/mol. The third kappa shape index (κ3) is 5.84. The minimum Gasteiger partial charge on any atom is -0.343 e. The van der Waals surface area contributed by atoms with E-state index in [0.717, 1.165) is 6.07 Å². The van der Waals surface area contributed by atoms with Crippen LogP contribution in [0.1, 0.15) is 23.2 Å². The second kappa shape index (κ2) is 8.35. The van der Waals surface area contributed by atoms with E-state index in [4.69, 9.17) is 5.73 Å². The number of sulfonamides is 1. The Labute approximate surface area is 150 Å². The first-order valence-electron chi connectivity index (χ1n) is 7.30. The Bertz CT molecular complexity index is 705. The van der Waals surface area contributed by atoms with E-state index in [1.807, 2.05) is 0 Å². The minimum atomic E-state index is -4.54. The van der Waals surface area contributed by atoms with Gasteiger partial charge in [0.1, 0.15) is 6.54 Å². The molecule has 1 aromatic rings. The number of amides is 1. The Kier molecular flexibility index (Phi) is 7.24. The number of nitrogens with zero attached hydrogens (tertiary/aromatic N) is 1. The third-order valence-corrected chi connectivity index (χ3v) is 5.58. The van der Waals surface area contributed by atoms with Gasteiger partial charge in [-0.2, -0.15) is 17.5 Å². The van der Waals surface area contributed by atoms with Crippen LogP contribution >= 0.6 is 12.4 Å². The summed E-state index contributed by atoms with van der Waals surface area (Å²) in [5.41, 5.74) is 5.60. The number of nitrogens with one attached hydrogen (secondary N) is 1. The summed E-state index contributed by atoms with van der Waals surface area (Å²) >= 11 is 0. The molecule has 2 rings (SSSR count). The van der Waals surface area contributed by atoms with Crippen molar-refractivity contribution in [1.29, 1.82) is 0 Å². The molecule has 0 aromatic heterocycles. The van der Waals surface area contributed by atoms with Gasteiger partial charge in [-0.1, -0.05) is 6.07 Å². The van der Waals surface area contributed by atoms with Gasteiger partial charge in [0.25, 0.3) is 5.91 Å². The van der Waals surface area contributed by atoms with Crippen LogP contribution in [0, 0.1) is 0 Å². The molecule has 0 spiro atoms. The molecule has 0 unspecified atom stereocenters. The molecule has 1 aromatic carbocycles. The van der Waals surface area contributed by atoms with E-state index in [1.54, 1.807) is 5.32 Å². The number of benzene rings is 1. The molecule has 11 heteroatoms. The Balaban J connectivity index is 0.00000312. The van der Waals surface area contributed by atoms with Crippen molar-refractivity contribution in [2.75, 3.05) is 19.6 Å². The summed E-state index contributed by atoms with van der Waals surface area (Å²) in [6, 6.07) is 4.93. The van der Waals surface area contributed by atoms with Gasteiger partial charge in [0.15, 0.2) is 0 Å². The average molecular weight is 402 g/mol. The monoisotopic (exact) mass is 401 g/mol. The summed E-state index contributed by atoms with van der Waals surface area (Å²) in [4.78, 5) is 11.6. The van der Waals surface area contributed by atoms with Crippen molar-refractivity contribution in [3.05, 3.63) is 29.8 Å². The van der Waals surface area contributed by atoms with Gasteiger partial charge in [-0.25, -0.2) is 8.42 Å². The van der Waals surface area contributed by atoms with Gasteiger partial charge in [-0.05, 0) is 31.0 Å². The van der Waals surface area contributed by atoms with Gasteiger partial charge in [-0.3, -0.25) is 4.79 Å². The normalized spacial score (nSPS) is 17.0. The van der Waals surface area contributed by atoms with Gasteiger partial charge in [0.05, 0.1) is 4.90 Å². The number of hydrogen-bond acceptors (Lipinski definition) is 4. The first kappa shape index (κ1) is 21.7. The molecule has 1 aliphatic heterocycles. The van der Waals surface area contributed by atoms with Crippen LogP contribution in [0.5, 0.6) is 0 Å². The number of halogens is 4. The van der Waals surface area contributed by atoms with Crippen molar-refractivity contribution in [1.82, 2.24) is 9.62 Å². The number of carbonyl (C=O) groups excluding carboxylic acids is 1. The lowest BCUT2D eigenvalue weighted by molar-refractivity contribution is -0.123. The van der Waals surface area contributed by atoms with Crippen molar-refractivity contribution in [3.8, 4) is 0 Å². The molecule has 0 saturated carbocycles. The summed E-state index contributed by atoms with van der Waals surface area (Å²) in [5, 5.41) is 1.71. The molecule has 1 fully saturated rings. The fourth-order valence-electron chi connectivity index (χ4n) is 2.35. The molecule has 6 nitrogen and oxygen atoms in total. The molecule has 25 heavy (non-hydrogen) atoms. The van der Waals surface area contributed by atoms with E-state index < -0.39 is 28.7 Å². The summed E-state index contributed by atoms with van der Waals surface area (Å²) in [6.45, 7) is -0.936. The number of rotatable bonds is 4. The van der Waals surface area contributed by atoms with Gasteiger partial charge in [-0.15, -0.1) is 12.4 Å². The summed E-state index contributed by atoms with van der Waals surface area (Å²) < 4.78 is 62.8. The van der Waals surface area contributed by atoms with Crippen LogP contribution in [-0.4, -0.2) is 50.5 Å². The smallest absolute Gasteiger partial charge is 0.343 e. The number of hydrogen-bond donors (Lipinski definition) is 2. The highest BCUT2D eigenvalue weighted by Crippen LogP contribution is 2.21. The lowest BCUT2D eigenvalue weighted by atomic mass is 10.1. The zero-order valence-electron chi connectivity index (χ0n) is 13.1. The molecule has 1 amide bonds. The highest BCUT2D eigenvalue weighted by Gasteiger charge is 2.30. The average Bonchev–Trinajstić information content (AvgIpc) is 2.52. The molecule has 1 saturated heterocycles. The van der Waals surface area contributed by atoms with Crippen LogP contribution in [0.4, 0.5) is 13.2 Å². The fraction of sp³-hybridized carbons (Fsp3) is 0.500. The lowest BCUT2D eigenvalue weighted by Crippen LogP contribution is -2.42. The zero-order valence-corrected chi connectivity index (χ0v) is 14.8. The lowest BCUT2D eigenvalue weighted by Gasteiger charge is -2.29.